The Labute approximate surface area is 256 Å². The molecule has 0 radical (unpaired) electrons. The molecule has 2 atom stereocenters. The molecule has 9 nitrogen and oxygen atoms in total. The van der Waals surface area contributed by atoms with Crippen LogP contribution in [0, 0.1) is 19.3 Å². The highest BCUT2D eigenvalue weighted by Crippen LogP contribution is 2.45. The minimum absolute atomic E-state index is 0.126. The number of nitrogens with one attached hydrogen (secondary N) is 2. The number of amides is 1. The van der Waals surface area contributed by atoms with Gasteiger partial charge in [0.2, 0.25) is 5.91 Å². The summed E-state index contributed by atoms with van der Waals surface area (Å²) in [7, 11) is 1.56. The average molecular weight is 598 g/mol. The highest BCUT2D eigenvalue weighted by atomic mass is 32.1. The molecule has 1 amide bonds. The molecule has 10 heteroatoms. The van der Waals surface area contributed by atoms with Crippen molar-refractivity contribution in [2.45, 2.75) is 46.7 Å². The van der Waals surface area contributed by atoms with E-state index in [2.05, 4.69) is 21.7 Å². The van der Waals surface area contributed by atoms with E-state index >= 15 is 0 Å². The van der Waals surface area contributed by atoms with Crippen LogP contribution < -0.4 is 20.3 Å². The van der Waals surface area contributed by atoms with E-state index in [1.54, 1.807) is 25.4 Å². The molecule has 4 aromatic rings. The Bertz CT molecular complexity index is 1710. The van der Waals surface area contributed by atoms with Gasteiger partial charge in [-0.05, 0) is 74.1 Å². The maximum absolute atomic E-state index is 12.7. The summed E-state index contributed by atoms with van der Waals surface area (Å²) < 4.78 is 7.68. The normalized spacial score (nSPS) is 16.6. The molecule has 1 saturated heterocycles. The molecule has 0 saturated carbocycles. The lowest BCUT2D eigenvalue weighted by Crippen LogP contribution is -2.30. The van der Waals surface area contributed by atoms with Crippen LogP contribution in [0.15, 0.2) is 72.9 Å². The van der Waals surface area contributed by atoms with Crippen LogP contribution in [0.2, 0.25) is 0 Å². The molecule has 2 unspecified atom stereocenters. The lowest BCUT2D eigenvalue weighted by Gasteiger charge is -2.29. The van der Waals surface area contributed by atoms with Crippen LogP contribution in [0.3, 0.4) is 0 Å². The molecule has 43 heavy (non-hydrogen) atoms. The molecular formula is C33H35N5O4S. The molecule has 1 aliphatic heterocycles. The van der Waals surface area contributed by atoms with Crippen molar-refractivity contribution < 1.29 is 19.4 Å². The standard InChI is InChI=1S/C33H35N5O4S/c1-19-17-23(20(2)37(19)26-13-8-7-11-22(26)30(39)40)29-28(25-12-9-10-16-34-25)36-32(43)38(29)21-14-15-24(27(18-21)42-6)35-31(41)33(3,4)5/h7-18,28-29H,1-6H3,(H,35,41)(H,36,43)(H,39,40). The first-order valence-corrected chi connectivity index (χ1v) is 14.3. The average Bonchev–Trinajstić information content (AvgIpc) is 3.47. The summed E-state index contributed by atoms with van der Waals surface area (Å²) in [5.74, 6) is -0.620. The van der Waals surface area contributed by atoms with E-state index in [9.17, 15) is 14.7 Å². The number of nitrogens with zero attached hydrogens (tertiary/aromatic N) is 3. The third kappa shape index (κ3) is 5.58. The van der Waals surface area contributed by atoms with E-state index in [-0.39, 0.29) is 23.6 Å². The predicted octanol–water partition coefficient (Wildman–Crippen LogP) is 6.36. The van der Waals surface area contributed by atoms with Crippen molar-refractivity contribution in [2.75, 3.05) is 17.3 Å². The highest BCUT2D eigenvalue weighted by Gasteiger charge is 2.42. The summed E-state index contributed by atoms with van der Waals surface area (Å²) in [6, 6.07) is 19.8. The first kappa shape index (κ1) is 29.8. The van der Waals surface area contributed by atoms with Crippen LogP contribution in [-0.2, 0) is 4.79 Å². The number of benzene rings is 2. The van der Waals surface area contributed by atoms with Gasteiger partial charge in [0.05, 0.1) is 41.8 Å². The van der Waals surface area contributed by atoms with Crippen molar-refractivity contribution in [3.05, 3.63) is 101 Å². The Morgan fingerprint density at radius 3 is 2.42 bits per heavy atom. The zero-order chi connectivity index (χ0) is 31.1. The number of aromatic nitrogens is 2. The van der Waals surface area contributed by atoms with Gasteiger partial charge in [-0.2, -0.15) is 0 Å². The van der Waals surface area contributed by atoms with Gasteiger partial charge < -0.3 is 29.9 Å². The van der Waals surface area contributed by atoms with Crippen LogP contribution in [-0.4, -0.2) is 38.8 Å². The van der Waals surface area contributed by atoms with Crippen LogP contribution in [0.1, 0.15) is 65.9 Å². The number of para-hydroxylation sites is 1. The molecule has 3 heterocycles. The number of carbonyl (C=O) groups excluding carboxylic acids is 1. The first-order chi connectivity index (χ1) is 20.4. The van der Waals surface area contributed by atoms with Crippen molar-refractivity contribution >= 4 is 40.6 Å². The topological polar surface area (TPSA) is 109 Å². The zero-order valence-corrected chi connectivity index (χ0v) is 25.8. The summed E-state index contributed by atoms with van der Waals surface area (Å²) in [5.41, 5.74) is 5.10. The van der Waals surface area contributed by atoms with Crippen LogP contribution in [0.25, 0.3) is 5.69 Å². The number of rotatable bonds is 7. The fraction of sp³-hybridized carbons (Fsp3) is 0.273. The number of carbonyl (C=O) groups is 2. The number of ether oxygens (including phenoxy) is 1. The second-order valence-electron chi connectivity index (χ2n) is 11.6. The summed E-state index contributed by atoms with van der Waals surface area (Å²) in [5, 5.41) is 16.9. The molecule has 0 aliphatic carbocycles. The fourth-order valence-electron chi connectivity index (χ4n) is 5.50. The van der Waals surface area contributed by atoms with E-state index in [0.717, 1.165) is 28.3 Å². The smallest absolute Gasteiger partial charge is 0.337 e. The third-order valence-corrected chi connectivity index (χ3v) is 7.97. The van der Waals surface area contributed by atoms with Crippen LogP contribution >= 0.6 is 12.2 Å². The summed E-state index contributed by atoms with van der Waals surface area (Å²) in [4.78, 5) is 31.5. The van der Waals surface area contributed by atoms with E-state index in [1.165, 1.54) is 0 Å². The minimum atomic E-state index is -0.993. The number of carboxylic acid groups (broad SMARTS) is 1. The summed E-state index contributed by atoms with van der Waals surface area (Å²) >= 11 is 5.93. The molecule has 1 fully saturated rings. The molecule has 2 aromatic carbocycles. The minimum Gasteiger partial charge on any atom is -0.494 e. The molecule has 0 spiro atoms. The Morgan fingerprint density at radius 2 is 1.77 bits per heavy atom. The van der Waals surface area contributed by atoms with Crippen molar-refractivity contribution in [3.63, 3.8) is 0 Å². The molecule has 222 valence electrons. The van der Waals surface area contributed by atoms with Gasteiger partial charge in [0.1, 0.15) is 5.75 Å². The number of aryl methyl sites for hydroxylation is 1. The predicted molar refractivity (Wildman–Crippen MR) is 171 cm³/mol. The Kier molecular flexibility index (Phi) is 7.98. The number of anilines is 2. The lowest BCUT2D eigenvalue weighted by molar-refractivity contribution is -0.123. The molecular weight excluding hydrogens is 562 g/mol. The van der Waals surface area contributed by atoms with Gasteiger partial charge in [0.25, 0.3) is 0 Å². The van der Waals surface area contributed by atoms with Crippen LogP contribution in [0.5, 0.6) is 5.75 Å². The number of pyridine rings is 1. The van der Waals surface area contributed by atoms with E-state index in [0.29, 0.717) is 22.2 Å². The van der Waals surface area contributed by atoms with Gasteiger partial charge >= 0.3 is 5.97 Å². The monoisotopic (exact) mass is 597 g/mol. The van der Waals surface area contributed by atoms with E-state index in [1.807, 2.05) is 92.6 Å². The quantitative estimate of drug-likeness (QED) is 0.211. The number of hydrogen-bond donors (Lipinski definition) is 3. The molecule has 5 rings (SSSR count). The highest BCUT2D eigenvalue weighted by molar-refractivity contribution is 7.80. The Morgan fingerprint density at radius 1 is 1.05 bits per heavy atom. The molecule has 3 N–H and O–H groups in total. The van der Waals surface area contributed by atoms with Gasteiger partial charge in [-0.15, -0.1) is 0 Å². The van der Waals surface area contributed by atoms with Crippen molar-refractivity contribution in [3.8, 4) is 11.4 Å². The third-order valence-electron chi connectivity index (χ3n) is 7.66. The van der Waals surface area contributed by atoms with Gasteiger partial charge in [-0.3, -0.25) is 9.78 Å². The lowest BCUT2D eigenvalue weighted by atomic mass is 9.95. The Hall–Kier alpha value is -4.70. The SMILES string of the molecule is COc1cc(N2C(=S)NC(c3ccccn3)C2c2cc(C)n(-c3ccccc3C(=O)O)c2C)ccc1NC(=O)C(C)(C)C. The number of aromatic carboxylic acids is 1. The fourth-order valence-corrected chi connectivity index (χ4v) is 5.85. The Balaban J connectivity index is 1.65. The van der Waals surface area contributed by atoms with E-state index in [4.69, 9.17) is 17.0 Å². The largest absolute Gasteiger partial charge is 0.494 e. The molecule has 0 bridgehead atoms. The first-order valence-electron chi connectivity index (χ1n) is 13.9. The van der Waals surface area contributed by atoms with Crippen molar-refractivity contribution in [2.24, 2.45) is 5.41 Å². The van der Waals surface area contributed by atoms with Crippen molar-refractivity contribution in [1.29, 1.82) is 0 Å². The van der Waals surface area contributed by atoms with Gasteiger partial charge in [0.15, 0.2) is 5.11 Å². The van der Waals surface area contributed by atoms with Gasteiger partial charge in [-0.1, -0.05) is 39.0 Å². The molecule has 2 aromatic heterocycles. The second-order valence-corrected chi connectivity index (χ2v) is 12.0. The number of carboxylic acids is 1. The van der Waals surface area contributed by atoms with Crippen molar-refractivity contribution in [1.82, 2.24) is 14.9 Å². The maximum atomic E-state index is 12.7. The van der Waals surface area contributed by atoms with Gasteiger partial charge in [0, 0.05) is 34.8 Å². The number of methoxy groups -OCH3 is 1. The zero-order valence-electron chi connectivity index (χ0n) is 25.0. The van der Waals surface area contributed by atoms with Gasteiger partial charge in [-0.25, -0.2) is 4.79 Å². The van der Waals surface area contributed by atoms with E-state index < -0.39 is 11.4 Å². The summed E-state index contributed by atoms with van der Waals surface area (Å²) in [6.07, 6.45) is 1.75. The number of hydrogen-bond acceptors (Lipinski definition) is 5. The second kappa shape index (κ2) is 11.5. The maximum Gasteiger partial charge on any atom is 0.337 e. The number of thiocarbonyl (C=S) groups is 1. The molecule has 1 aliphatic rings. The van der Waals surface area contributed by atoms with Crippen LogP contribution in [0.4, 0.5) is 11.4 Å². The summed E-state index contributed by atoms with van der Waals surface area (Å²) in [6.45, 7) is 9.51.